The number of para-hydroxylation sites is 7. The van der Waals surface area contributed by atoms with Gasteiger partial charge in [-0.1, -0.05) is 97.1 Å². The first-order valence-electron chi connectivity index (χ1n) is 18.2. The molecule has 2 aliphatic rings. The third-order valence-corrected chi connectivity index (χ3v) is 10.3. The maximum Gasteiger partial charge on any atom is 0.153 e. The van der Waals surface area contributed by atoms with E-state index in [1.807, 2.05) is 18.2 Å². The molecule has 0 spiro atoms. The minimum Gasteiger partial charge on any atom is -0.453 e. The van der Waals surface area contributed by atoms with Crippen LogP contribution in [0.15, 0.2) is 200 Å². The monoisotopic (exact) mass is 696 g/mol. The van der Waals surface area contributed by atoms with E-state index in [-0.39, 0.29) is 0 Å². The van der Waals surface area contributed by atoms with Gasteiger partial charge in [-0.15, -0.1) is 0 Å². The van der Waals surface area contributed by atoms with Gasteiger partial charge in [0.05, 0.1) is 34.1 Å². The van der Waals surface area contributed by atoms with Crippen molar-refractivity contribution in [1.82, 2.24) is 0 Å². The molecule has 0 saturated carbocycles. The molecule has 0 amide bonds. The molecule has 2 aliphatic heterocycles. The molecule has 0 N–H and O–H groups in total. The predicted octanol–water partition coefficient (Wildman–Crippen LogP) is 13.9. The van der Waals surface area contributed by atoms with Crippen LogP contribution in [0.3, 0.4) is 0 Å². The van der Waals surface area contributed by atoms with Crippen molar-refractivity contribution in [3.63, 3.8) is 0 Å². The minimum absolute atomic E-state index is 0.803. The first-order chi connectivity index (χ1) is 26.7. The number of rotatable bonds is 6. The Morgan fingerprint density at radius 1 is 0.352 bits per heavy atom. The lowest BCUT2D eigenvalue weighted by atomic mass is 10.00. The van der Waals surface area contributed by atoms with E-state index in [0.717, 1.165) is 73.8 Å². The van der Waals surface area contributed by atoms with Gasteiger partial charge >= 0.3 is 0 Å². The molecule has 0 aliphatic carbocycles. The lowest BCUT2D eigenvalue weighted by Crippen LogP contribution is -2.24. The summed E-state index contributed by atoms with van der Waals surface area (Å²) in [6, 6.07) is 70.6. The van der Waals surface area contributed by atoms with Crippen LogP contribution in [-0.4, -0.2) is 7.05 Å². The summed E-state index contributed by atoms with van der Waals surface area (Å²) in [5.74, 6) is 1.63. The van der Waals surface area contributed by atoms with Crippen LogP contribution < -0.4 is 24.3 Å². The molecule has 2 heterocycles. The molecule has 0 unspecified atom stereocenters. The molecule has 54 heavy (non-hydrogen) atoms. The summed E-state index contributed by atoms with van der Waals surface area (Å²) in [5.41, 5.74) is 14.3. The fourth-order valence-electron chi connectivity index (χ4n) is 7.78. The molecule has 8 aromatic rings. The Labute approximate surface area is 315 Å². The van der Waals surface area contributed by atoms with Crippen molar-refractivity contribution in [2.75, 3.05) is 26.6 Å². The Morgan fingerprint density at radius 3 is 1.54 bits per heavy atom. The number of anilines is 11. The Morgan fingerprint density at radius 2 is 0.833 bits per heavy atom. The molecular formula is C49H36N4O. The number of hydrogen-bond acceptors (Lipinski definition) is 5. The second kappa shape index (κ2) is 13.1. The third-order valence-electron chi connectivity index (χ3n) is 10.3. The summed E-state index contributed by atoms with van der Waals surface area (Å²) in [6.07, 6.45) is 0. The third kappa shape index (κ3) is 5.33. The molecule has 0 saturated heterocycles. The van der Waals surface area contributed by atoms with Gasteiger partial charge in [0.15, 0.2) is 11.5 Å². The van der Waals surface area contributed by atoms with Gasteiger partial charge in [0.1, 0.15) is 0 Å². The van der Waals surface area contributed by atoms with Gasteiger partial charge in [0.25, 0.3) is 0 Å². The van der Waals surface area contributed by atoms with Crippen molar-refractivity contribution in [3.8, 4) is 22.6 Å². The average Bonchev–Trinajstić information content (AvgIpc) is 3.24. The highest BCUT2D eigenvalue weighted by Gasteiger charge is 2.29. The summed E-state index contributed by atoms with van der Waals surface area (Å²) in [6.45, 7) is 0. The van der Waals surface area contributed by atoms with E-state index in [1.165, 1.54) is 11.4 Å². The molecule has 0 radical (unpaired) electrons. The van der Waals surface area contributed by atoms with E-state index in [0.29, 0.717) is 0 Å². The van der Waals surface area contributed by atoms with E-state index < -0.39 is 0 Å². The van der Waals surface area contributed by atoms with Gasteiger partial charge in [0, 0.05) is 41.6 Å². The molecule has 0 fully saturated rings. The standard InChI is InChI=1S/C49H36N4O/c1-50-42-21-11-12-22-43(42)52(38-17-7-3-8-18-38)44-31-27-36(33-47(44)50)35-25-28-40(29-26-35)51(37-15-5-2-6-16-37)41-30-32-46-49(34-41)54-48-24-14-13-23-45(48)53(46)39-19-9-4-10-20-39/h2-34H,1H3. The van der Waals surface area contributed by atoms with Crippen LogP contribution in [0, 0.1) is 0 Å². The molecule has 258 valence electrons. The SMILES string of the molecule is CN1c2ccccc2N(c2ccccc2)c2ccc(-c3ccc(N(c4ccccc4)c4ccc5c(c4)Oc4ccccc4N5c4ccccc4)cc3)cc21. The van der Waals surface area contributed by atoms with Crippen LogP contribution in [0.5, 0.6) is 11.5 Å². The number of hydrogen-bond donors (Lipinski definition) is 0. The molecule has 5 heteroatoms. The lowest BCUT2D eigenvalue weighted by Gasteiger charge is -2.38. The maximum absolute atomic E-state index is 6.60. The van der Waals surface area contributed by atoms with Crippen molar-refractivity contribution in [2.45, 2.75) is 0 Å². The summed E-state index contributed by atoms with van der Waals surface area (Å²) < 4.78 is 6.60. The molecule has 10 rings (SSSR count). The highest BCUT2D eigenvalue weighted by Crippen LogP contribution is 2.53. The van der Waals surface area contributed by atoms with E-state index >= 15 is 0 Å². The maximum atomic E-state index is 6.60. The number of ether oxygens (including phenoxy) is 1. The average molecular weight is 697 g/mol. The van der Waals surface area contributed by atoms with Gasteiger partial charge in [-0.2, -0.15) is 0 Å². The van der Waals surface area contributed by atoms with Crippen molar-refractivity contribution < 1.29 is 4.74 Å². The Balaban J connectivity index is 1.03. The Hall–Kier alpha value is -7.24. The molecular weight excluding hydrogens is 661 g/mol. The zero-order chi connectivity index (χ0) is 36.0. The molecule has 0 bridgehead atoms. The van der Waals surface area contributed by atoms with Crippen molar-refractivity contribution in [2.24, 2.45) is 0 Å². The first-order valence-corrected chi connectivity index (χ1v) is 18.2. The summed E-state index contributed by atoms with van der Waals surface area (Å²) in [7, 11) is 2.16. The molecule has 0 atom stereocenters. The first kappa shape index (κ1) is 31.5. The summed E-state index contributed by atoms with van der Waals surface area (Å²) >= 11 is 0. The van der Waals surface area contributed by atoms with Gasteiger partial charge in [-0.05, 0) is 108 Å². The predicted molar refractivity (Wildman–Crippen MR) is 224 cm³/mol. The highest BCUT2D eigenvalue weighted by molar-refractivity contribution is 5.99. The van der Waals surface area contributed by atoms with Crippen molar-refractivity contribution in [1.29, 1.82) is 0 Å². The van der Waals surface area contributed by atoms with Crippen LogP contribution >= 0.6 is 0 Å². The Bertz CT molecular complexity index is 2610. The fraction of sp³-hybridized carbons (Fsp3) is 0.0204. The summed E-state index contributed by atoms with van der Waals surface area (Å²) in [4.78, 5) is 9.22. The number of benzene rings is 8. The minimum atomic E-state index is 0.803. The van der Waals surface area contributed by atoms with Gasteiger partial charge < -0.3 is 24.3 Å². The van der Waals surface area contributed by atoms with E-state index in [2.05, 4.69) is 209 Å². The van der Waals surface area contributed by atoms with Crippen molar-refractivity contribution >= 4 is 62.6 Å². The fourth-order valence-corrected chi connectivity index (χ4v) is 7.78. The number of fused-ring (bicyclic) bond motifs is 4. The molecule has 8 aromatic carbocycles. The smallest absolute Gasteiger partial charge is 0.153 e. The second-order valence-electron chi connectivity index (χ2n) is 13.5. The largest absolute Gasteiger partial charge is 0.453 e. The quantitative estimate of drug-likeness (QED) is 0.172. The van der Waals surface area contributed by atoms with Crippen LogP contribution in [0.2, 0.25) is 0 Å². The van der Waals surface area contributed by atoms with Crippen LogP contribution in [0.1, 0.15) is 0 Å². The lowest BCUT2D eigenvalue weighted by molar-refractivity contribution is 0.477. The second-order valence-corrected chi connectivity index (χ2v) is 13.5. The van der Waals surface area contributed by atoms with Gasteiger partial charge in [-0.3, -0.25) is 0 Å². The van der Waals surface area contributed by atoms with Gasteiger partial charge in [-0.25, -0.2) is 0 Å². The van der Waals surface area contributed by atoms with E-state index in [4.69, 9.17) is 4.74 Å². The normalized spacial score (nSPS) is 12.6. The summed E-state index contributed by atoms with van der Waals surface area (Å²) in [5, 5.41) is 0. The van der Waals surface area contributed by atoms with Crippen molar-refractivity contribution in [3.05, 3.63) is 200 Å². The Kier molecular flexibility index (Phi) is 7.62. The van der Waals surface area contributed by atoms with Gasteiger partial charge in [0.2, 0.25) is 0 Å². The van der Waals surface area contributed by atoms with Crippen LogP contribution in [-0.2, 0) is 0 Å². The topological polar surface area (TPSA) is 22.2 Å². The molecule has 5 nitrogen and oxygen atoms in total. The van der Waals surface area contributed by atoms with Crippen LogP contribution in [0.25, 0.3) is 11.1 Å². The zero-order valence-electron chi connectivity index (χ0n) is 29.7. The number of nitrogens with zero attached hydrogens (tertiary/aromatic N) is 4. The highest BCUT2D eigenvalue weighted by atomic mass is 16.5. The van der Waals surface area contributed by atoms with Crippen LogP contribution in [0.4, 0.5) is 62.6 Å². The van der Waals surface area contributed by atoms with E-state index in [1.54, 1.807) is 0 Å². The zero-order valence-corrected chi connectivity index (χ0v) is 29.7. The molecule has 0 aromatic heterocycles. The van der Waals surface area contributed by atoms with E-state index in [9.17, 15) is 0 Å².